The Bertz CT molecular complexity index is 679. The fourth-order valence-electron chi connectivity index (χ4n) is 5.44. The van der Waals surface area contributed by atoms with Crippen molar-refractivity contribution in [2.75, 3.05) is 6.61 Å². The van der Waals surface area contributed by atoms with E-state index in [9.17, 15) is 4.79 Å². The standard InChI is InChI=1S/C28H42O2/c1-4-6-21(3)20-30-28(29)27-18-16-26(17-19-27)25-14-12-24(13-15-25)23-10-8-22(7-5-2)9-11-23/h12-15,18,21-23,26H,4-11,16-17,19-20H2,1-3H3/t21?,22-,23-,26?. The second-order valence-electron chi connectivity index (χ2n) is 9.87. The molecule has 2 unspecified atom stereocenters. The molecule has 30 heavy (non-hydrogen) atoms. The average Bonchev–Trinajstić information content (AvgIpc) is 2.79. The fraction of sp³-hybridized carbons (Fsp3) is 0.679. The van der Waals surface area contributed by atoms with E-state index in [0.29, 0.717) is 18.4 Å². The molecule has 2 aliphatic carbocycles. The molecule has 0 radical (unpaired) electrons. The molecule has 2 aliphatic rings. The van der Waals surface area contributed by atoms with Gasteiger partial charge in [0.15, 0.2) is 0 Å². The van der Waals surface area contributed by atoms with Crippen molar-refractivity contribution in [1.29, 1.82) is 0 Å². The maximum absolute atomic E-state index is 12.3. The van der Waals surface area contributed by atoms with E-state index in [1.165, 1.54) is 49.7 Å². The van der Waals surface area contributed by atoms with E-state index in [1.807, 2.05) is 0 Å². The molecule has 0 bridgehead atoms. The molecule has 0 aliphatic heterocycles. The Morgan fingerprint density at radius 3 is 2.20 bits per heavy atom. The second-order valence-corrected chi connectivity index (χ2v) is 9.87. The molecular formula is C28H42O2. The van der Waals surface area contributed by atoms with Crippen LogP contribution >= 0.6 is 0 Å². The molecule has 2 heteroatoms. The van der Waals surface area contributed by atoms with Gasteiger partial charge in [-0.15, -0.1) is 0 Å². The van der Waals surface area contributed by atoms with Crippen molar-refractivity contribution in [3.05, 3.63) is 47.0 Å². The van der Waals surface area contributed by atoms with Crippen LogP contribution in [-0.4, -0.2) is 12.6 Å². The summed E-state index contributed by atoms with van der Waals surface area (Å²) < 4.78 is 5.54. The fourth-order valence-corrected chi connectivity index (χ4v) is 5.44. The van der Waals surface area contributed by atoms with Crippen LogP contribution in [0.1, 0.15) is 114 Å². The summed E-state index contributed by atoms with van der Waals surface area (Å²) in [7, 11) is 0. The van der Waals surface area contributed by atoms with Gasteiger partial charge >= 0.3 is 5.97 Å². The Balaban J connectivity index is 1.48. The normalized spacial score (nSPS) is 25.4. The van der Waals surface area contributed by atoms with E-state index >= 15 is 0 Å². The number of rotatable bonds is 9. The molecule has 0 spiro atoms. The number of ether oxygens (including phenoxy) is 1. The zero-order valence-electron chi connectivity index (χ0n) is 19.5. The highest BCUT2D eigenvalue weighted by atomic mass is 16.5. The molecule has 166 valence electrons. The third-order valence-electron chi connectivity index (χ3n) is 7.38. The van der Waals surface area contributed by atoms with Gasteiger partial charge < -0.3 is 4.74 Å². The van der Waals surface area contributed by atoms with Gasteiger partial charge in [0.25, 0.3) is 0 Å². The molecule has 0 saturated heterocycles. The van der Waals surface area contributed by atoms with Crippen molar-refractivity contribution in [2.45, 2.75) is 103 Å². The average molecular weight is 411 g/mol. The van der Waals surface area contributed by atoms with E-state index in [1.54, 1.807) is 0 Å². The molecule has 0 aromatic heterocycles. The highest BCUT2D eigenvalue weighted by Gasteiger charge is 2.24. The molecule has 1 aromatic rings. The molecule has 0 N–H and O–H groups in total. The van der Waals surface area contributed by atoms with Crippen molar-refractivity contribution < 1.29 is 9.53 Å². The second kappa shape index (κ2) is 11.7. The first-order valence-corrected chi connectivity index (χ1v) is 12.6. The van der Waals surface area contributed by atoms with Crippen LogP contribution in [-0.2, 0) is 9.53 Å². The minimum atomic E-state index is -0.0922. The largest absolute Gasteiger partial charge is 0.462 e. The molecule has 0 amide bonds. The van der Waals surface area contributed by atoms with Gasteiger partial charge in [0.2, 0.25) is 0 Å². The molecule has 1 saturated carbocycles. The topological polar surface area (TPSA) is 26.3 Å². The molecule has 3 rings (SSSR count). The predicted octanol–water partition coefficient (Wildman–Crippen LogP) is 7.93. The number of carbonyl (C=O) groups excluding carboxylic acids is 1. The first kappa shape index (κ1) is 23.1. The summed E-state index contributed by atoms with van der Waals surface area (Å²) in [5, 5.41) is 0. The van der Waals surface area contributed by atoms with Gasteiger partial charge in [0, 0.05) is 5.57 Å². The minimum Gasteiger partial charge on any atom is -0.462 e. The Morgan fingerprint density at radius 2 is 1.63 bits per heavy atom. The zero-order chi connectivity index (χ0) is 21.3. The predicted molar refractivity (Wildman–Crippen MR) is 126 cm³/mol. The number of allylic oxidation sites excluding steroid dienone is 1. The zero-order valence-corrected chi connectivity index (χ0v) is 19.5. The van der Waals surface area contributed by atoms with Gasteiger partial charge in [0.1, 0.15) is 0 Å². The quantitative estimate of drug-likeness (QED) is 0.386. The van der Waals surface area contributed by atoms with Gasteiger partial charge in [-0.1, -0.05) is 70.4 Å². The van der Waals surface area contributed by atoms with Gasteiger partial charge in [-0.05, 0) is 86.2 Å². The number of hydrogen-bond acceptors (Lipinski definition) is 2. The van der Waals surface area contributed by atoms with Crippen LogP contribution in [0.2, 0.25) is 0 Å². The molecule has 0 heterocycles. The van der Waals surface area contributed by atoms with Gasteiger partial charge in [-0.3, -0.25) is 0 Å². The summed E-state index contributed by atoms with van der Waals surface area (Å²) in [6.45, 7) is 7.19. The van der Waals surface area contributed by atoms with Crippen molar-refractivity contribution in [2.24, 2.45) is 11.8 Å². The maximum atomic E-state index is 12.3. The molecule has 2 nitrogen and oxygen atoms in total. The van der Waals surface area contributed by atoms with Crippen molar-refractivity contribution in [3.63, 3.8) is 0 Å². The summed E-state index contributed by atoms with van der Waals surface area (Å²) in [6.07, 6.45) is 15.5. The Hall–Kier alpha value is -1.57. The lowest BCUT2D eigenvalue weighted by Gasteiger charge is -2.29. The van der Waals surface area contributed by atoms with Gasteiger partial charge in [0.05, 0.1) is 6.61 Å². The summed E-state index contributed by atoms with van der Waals surface area (Å²) in [6, 6.07) is 9.45. The van der Waals surface area contributed by atoms with Gasteiger partial charge in [-0.25, -0.2) is 4.79 Å². The van der Waals surface area contributed by atoms with Crippen LogP contribution in [0.5, 0.6) is 0 Å². The summed E-state index contributed by atoms with van der Waals surface area (Å²) in [5.41, 5.74) is 3.85. The van der Waals surface area contributed by atoms with Crippen LogP contribution in [0.3, 0.4) is 0 Å². The third-order valence-corrected chi connectivity index (χ3v) is 7.38. The van der Waals surface area contributed by atoms with Crippen LogP contribution in [0.15, 0.2) is 35.9 Å². The highest BCUT2D eigenvalue weighted by molar-refractivity contribution is 5.88. The minimum absolute atomic E-state index is 0.0922. The molecule has 2 atom stereocenters. The summed E-state index contributed by atoms with van der Waals surface area (Å²) >= 11 is 0. The number of hydrogen-bond donors (Lipinski definition) is 0. The summed E-state index contributed by atoms with van der Waals surface area (Å²) in [4.78, 5) is 12.3. The Kier molecular flexibility index (Phi) is 9.03. The Labute approximate surface area is 184 Å². The van der Waals surface area contributed by atoms with Crippen molar-refractivity contribution in [3.8, 4) is 0 Å². The molecule has 1 aromatic carbocycles. The smallest absolute Gasteiger partial charge is 0.333 e. The van der Waals surface area contributed by atoms with Gasteiger partial charge in [-0.2, -0.15) is 0 Å². The number of benzene rings is 1. The summed E-state index contributed by atoms with van der Waals surface area (Å²) in [5.74, 6) is 2.63. The SMILES string of the molecule is CCCC(C)COC(=O)C1=CCC(c2ccc([C@H]3CC[C@H](CCC)CC3)cc2)CC1. The van der Waals surface area contributed by atoms with Crippen molar-refractivity contribution in [1.82, 2.24) is 0 Å². The third kappa shape index (κ3) is 6.46. The monoisotopic (exact) mass is 410 g/mol. The maximum Gasteiger partial charge on any atom is 0.333 e. The molecule has 1 fully saturated rings. The van der Waals surface area contributed by atoms with E-state index < -0.39 is 0 Å². The van der Waals surface area contributed by atoms with Crippen LogP contribution < -0.4 is 0 Å². The first-order chi connectivity index (χ1) is 14.6. The van der Waals surface area contributed by atoms with E-state index in [4.69, 9.17) is 4.74 Å². The number of carbonyl (C=O) groups is 1. The van der Waals surface area contributed by atoms with E-state index in [2.05, 4.69) is 51.1 Å². The lowest BCUT2D eigenvalue weighted by molar-refractivity contribution is -0.140. The van der Waals surface area contributed by atoms with E-state index in [-0.39, 0.29) is 5.97 Å². The molecular weight excluding hydrogens is 368 g/mol. The lowest BCUT2D eigenvalue weighted by atomic mass is 9.76. The van der Waals surface area contributed by atoms with E-state index in [0.717, 1.165) is 49.5 Å². The first-order valence-electron chi connectivity index (χ1n) is 12.6. The Morgan fingerprint density at radius 1 is 0.967 bits per heavy atom. The van der Waals surface area contributed by atoms with Crippen LogP contribution in [0.25, 0.3) is 0 Å². The highest BCUT2D eigenvalue weighted by Crippen LogP contribution is 2.39. The lowest BCUT2D eigenvalue weighted by Crippen LogP contribution is -2.16. The van der Waals surface area contributed by atoms with Crippen LogP contribution in [0.4, 0.5) is 0 Å². The van der Waals surface area contributed by atoms with Crippen molar-refractivity contribution >= 4 is 5.97 Å². The van der Waals surface area contributed by atoms with Crippen LogP contribution in [0, 0.1) is 11.8 Å². The number of esters is 1.